The van der Waals surface area contributed by atoms with Crippen LogP contribution in [0.5, 0.6) is 0 Å². The van der Waals surface area contributed by atoms with Crippen LogP contribution in [-0.2, 0) is 4.74 Å². The molecule has 0 aliphatic carbocycles. The van der Waals surface area contributed by atoms with E-state index in [1.54, 1.807) is 19.2 Å². The van der Waals surface area contributed by atoms with Gasteiger partial charge in [0.25, 0.3) is 0 Å². The Morgan fingerprint density at radius 1 is 1.35 bits per heavy atom. The van der Waals surface area contributed by atoms with Crippen molar-refractivity contribution < 1.29 is 9.13 Å². The van der Waals surface area contributed by atoms with E-state index in [2.05, 4.69) is 18.3 Å². The van der Waals surface area contributed by atoms with Crippen molar-refractivity contribution in [2.45, 2.75) is 13.3 Å². The van der Waals surface area contributed by atoms with Crippen molar-refractivity contribution in [1.82, 2.24) is 5.32 Å². The standard InChI is InChI=1S/C14H20FNO/c1-3-12(11-16-8-9-17-2)10-13-4-6-14(15)7-5-13/h4-7,10,16H,3,8-9,11H2,1-2H3. The van der Waals surface area contributed by atoms with E-state index in [9.17, 15) is 4.39 Å². The normalized spacial score (nSPS) is 11.8. The number of methoxy groups -OCH3 is 1. The minimum Gasteiger partial charge on any atom is -0.383 e. The monoisotopic (exact) mass is 237 g/mol. The fraction of sp³-hybridized carbons (Fsp3) is 0.429. The molecule has 0 aliphatic rings. The first-order chi connectivity index (χ1) is 8.26. The van der Waals surface area contributed by atoms with Gasteiger partial charge in [-0.3, -0.25) is 0 Å². The Balaban J connectivity index is 2.51. The molecule has 1 N–H and O–H groups in total. The number of benzene rings is 1. The molecule has 0 aromatic heterocycles. The maximum Gasteiger partial charge on any atom is 0.123 e. The van der Waals surface area contributed by atoms with Gasteiger partial charge in [-0.2, -0.15) is 0 Å². The van der Waals surface area contributed by atoms with Crippen LogP contribution in [0.3, 0.4) is 0 Å². The van der Waals surface area contributed by atoms with Gasteiger partial charge in [-0.1, -0.05) is 30.7 Å². The van der Waals surface area contributed by atoms with Crippen molar-refractivity contribution in [3.63, 3.8) is 0 Å². The summed E-state index contributed by atoms with van der Waals surface area (Å²) in [6.07, 6.45) is 3.08. The number of ether oxygens (including phenoxy) is 1. The number of halogens is 1. The summed E-state index contributed by atoms with van der Waals surface area (Å²) in [7, 11) is 1.69. The first kappa shape index (κ1) is 13.9. The molecule has 0 saturated heterocycles. The molecule has 1 aromatic rings. The lowest BCUT2D eigenvalue weighted by Crippen LogP contribution is -2.21. The van der Waals surface area contributed by atoms with E-state index in [1.165, 1.54) is 17.7 Å². The van der Waals surface area contributed by atoms with Crippen molar-refractivity contribution in [3.8, 4) is 0 Å². The maximum absolute atomic E-state index is 12.7. The van der Waals surface area contributed by atoms with E-state index in [-0.39, 0.29) is 5.82 Å². The highest BCUT2D eigenvalue weighted by molar-refractivity contribution is 5.52. The molecular weight excluding hydrogens is 217 g/mol. The summed E-state index contributed by atoms with van der Waals surface area (Å²) in [5.74, 6) is -0.196. The first-order valence-electron chi connectivity index (χ1n) is 5.91. The van der Waals surface area contributed by atoms with Crippen molar-refractivity contribution in [3.05, 3.63) is 41.2 Å². The Labute approximate surface area is 102 Å². The fourth-order valence-corrected chi connectivity index (χ4v) is 1.50. The second-order valence-corrected chi connectivity index (χ2v) is 3.88. The predicted octanol–water partition coefficient (Wildman–Crippen LogP) is 2.86. The number of hydrogen-bond donors (Lipinski definition) is 1. The Bertz CT molecular complexity index is 346. The van der Waals surface area contributed by atoms with Crippen molar-refractivity contribution in [2.75, 3.05) is 26.8 Å². The van der Waals surface area contributed by atoms with Gasteiger partial charge in [-0.15, -0.1) is 0 Å². The largest absolute Gasteiger partial charge is 0.383 e. The third-order valence-electron chi connectivity index (χ3n) is 2.53. The van der Waals surface area contributed by atoms with E-state index in [1.807, 2.05) is 0 Å². The summed E-state index contributed by atoms with van der Waals surface area (Å²) >= 11 is 0. The van der Waals surface area contributed by atoms with E-state index < -0.39 is 0 Å². The van der Waals surface area contributed by atoms with Crippen LogP contribution in [0.25, 0.3) is 6.08 Å². The van der Waals surface area contributed by atoms with Crippen LogP contribution in [0.2, 0.25) is 0 Å². The quantitative estimate of drug-likeness (QED) is 0.736. The lowest BCUT2D eigenvalue weighted by molar-refractivity contribution is 0.200. The summed E-state index contributed by atoms with van der Waals surface area (Å²) in [6, 6.07) is 6.55. The average Bonchev–Trinajstić information content (AvgIpc) is 2.35. The Kier molecular flexibility index (Phi) is 6.51. The fourth-order valence-electron chi connectivity index (χ4n) is 1.50. The molecule has 0 heterocycles. The SMILES string of the molecule is CCC(=Cc1ccc(F)cc1)CNCCOC. The van der Waals surface area contributed by atoms with Gasteiger partial charge >= 0.3 is 0 Å². The molecule has 0 bridgehead atoms. The minimum atomic E-state index is -0.196. The van der Waals surface area contributed by atoms with Gasteiger partial charge in [-0.05, 0) is 24.1 Å². The van der Waals surface area contributed by atoms with Crippen molar-refractivity contribution in [2.24, 2.45) is 0 Å². The van der Waals surface area contributed by atoms with E-state index in [0.29, 0.717) is 6.61 Å². The van der Waals surface area contributed by atoms with Crippen molar-refractivity contribution in [1.29, 1.82) is 0 Å². The Morgan fingerprint density at radius 3 is 2.65 bits per heavy atom. The lowest BCUT2D eigenvalue weighted by atomic mass is 10.1. The highest BCUT2D eigenvalue weighted by Crippen LogP contribution is 2.10. The lowest BCUT2D eigenvalue weighted by Gasteiger charge is -2.07. The zero-order chi connectivity index (χ0) is 12.5. The summed E-state index contributed by atoms with van der Waals surface area (Å²) < 4.78 is 17.7. The first-order valence-corrected chi connectivity index (χ1v) is 5.91. The van der Waals surface area contributed by atoms with Crippen molar-refractivity contribution >= 4 is 6.08 Å². The second-order valence-electron chi connectivity index (χ2n) is 3.88. The summed E-state index contributed by atoms with van der Waals surface area (Å²) in [5.41, 5.74) is 2.34. The number of rotatable bonds is 7. The van der Waals surface area contributed by atoms with Gasteiger partial charge in [0.2, 0.25) is 0 Å². The molecule has 2 nitrogen and oxygen atoms in total. The zero-order valence-electron chi connectivity index (χ0n) is 10.5. The second kappa shape index (κ2) is 7.98. The summed E-state index contributed by atoms with van der Waals surface area (Å²) in [6.45, 7) is 4.52. The Morgan fingerprint density at radius 2 is 2.06 bits per heavy atom. The van der Waals surface area contributed by atoms with Gasteiger partial charge in [-0.25, -0.2) is 4.39 Å². The third kappa shape index (κ3) is 5.61. The maximum atomic E-state index is 12.7. The van der Waals surface area contributed by atoms with E-state index >= 15 is 0 Å². The van der Waals surface area contributed by atoms with Crippen LogP contribution in [0.15, 0.2) is 29.8 Å². The minimum absolute atomic E-state index is 0.196. The zero-order valence-corrected chi connectivity index (χ0v) is 10.5. The molecule has 0 spiro atoms. The van der Waals surface area contributed by atoms with Gasteiger partial charge in [0.05, 0.1) is 6.61 Å². The Hall–Kier alpha value is -1.19. The molecule has 0 fully saturated rings. The smallest absolute Gasteiger partial charge is 0.123 e. The van der Waals surface area contributed by atoms with Gasteiger partial charge < -0.3 is 10.1 Å². The molecule has 0 atom stereocenters. The van der Waals surface area contributed by atoms with Crippen LogP contribution in [0.1, 0.15) is 18.9 Å². The van der Waals surface area contributed by atoms with Crippen LogP contribution in [0.4, 0.5) is 4.39 Å². The molecule has 94 valence electrons. The molecule has 0 radical (unpaired) electrons. The number of hydrogen-bond acceptors (Lipinski definition) is 2. The molecule has 0 saturated carbocycles. The molecule has 1 rings (SSSR count). The van der Waals surface area contributed by atoms with Crippen LogP contribution < -0.4 is 5.32 Å². The van der Waals surface area contributed by atoms with Gasteiger partial charge in [0.1, 0.15) is 5.82 Å². The highest BCUT2D eigenvalue weighted by atomic mass is 19.1. The molecule has 0 aliphatic heterocycles. The molecular formula is C14H20FNO. The summed E-state index contributed by atoms with van der Waals surface area (Å²) in [4.78, 5) is 0. The molecule has 0 amide bonds. The van der Waals surface area contributed by atoms with Gasteiger partial charge in [0, 0.05) is 20.2 Å². The van der Waals surface area contributed by atoms with Crippen LogP contribution >= 0.6 is 0 Å². The van der Waals surface area contributed by atoms with Crippen LogP contribution in [0, 0.1) is 5.82 Å². The van der Waals surface area contributed by atoms with E-state index in [4.69, 9.17) is 4.74 Å². The van der Waals surface area contributed by atoms with Crippen LogP contribution in [-0.4, -0.2) is 26.8 Å². The summed E-state index contributed by atoms with van der Waals surface area (Å²) in [5, 5.41) is 3.30. The molecule has 3 heteroatoms. The third-order valence-corrected chi connectivity index (χ3v) is 2.53. The number of nitrogens with one attached hydrogen (secondary N) is 1. The molecule has 0 unspecified atom stereocenters. The topological polar surface area (TPSA) is 21.3 Å². The van der Waals surface area contributed by atoms with E-state index in [0.717, 1.165) is 25.1 Å². The molecule has 1 aromatic carbocycles. The predicted molar refractivity (Wildman–Crippen MR) is 69.4 cm³/mol. The molecule has 17 heavy (non-hydrogen) atoms. The average molecular weight is 237 g/mol. The highest BCUT2D eigenvalue weighted by Gasteiger charge is 1.96. The van der Waals surface area contributed by atoms with Gasteiger partial charge in [0.15, 0.2) is 0 Å².